The Balaban J connectivity index is 1.81. The van der Waals surface area contributed by atoms with Crippen molar-refractivity contribution < 1.29 is 9.59 Å². The minimum absolute atomic E-state index is 0.0812. The van der Waals surface area contributed by atoms with E-state index >= 15 is 0 Å². The van der Waals surface area contributed by atoms with Crippen LogP contribution in [0.3, 0.4) is 0 Å². The van der Waals surface area contributed by atoms with Crippen LogP contribution in [0, 0.1) is 13.8 Å². The maximum Gasteiger partial charge on any atom is 0.256 e. The summed E-state index contributed by atoms with van der Waals surface area (Å²) in [6.07, 6.45) is 4.18. The molecule has 2 aromatic heterocycles. The highest BCUT2D eigenvalue weighted by Gasteiger charge is 2.23. The third kappa shape index (κ3) is 5.27. The molecule has 0 aliphatic heterocycles. The van der Waals surface area contributed by atoms with Gasteiger partial charge in [0.05, 0.1) is 28.2 Å². The molecule has 0 bridgehead atoms. The number of pyridine rings is 1. The van der Waals surface area contributed by atoms with Crippen molar-refractivity contribution in [3.05, 3.63) is 75.8 Å². The summed E-state index contributed by atoms with van der Waals surface area (Å²) in [6.45, 7) is 6.17. The number of nitrogens with zero attached hydrogens (tertiary/aromatic N) is 3. The number of halogens is 2. The molecule has 0 atom stereocenters. The number of anilines is 1. The van der Waals surface area contributed by atoms with Crippen LogP contribution in [0.25, 0.3) is 5.69 Å². The predicted molar refractivity (Wildman–Crippen MR) is 124 cm³/mol. The van der Waals surface area contributed by atoms with Crippen LogP contribution in [0.15, 0.2) is 48.8 Å². The monoisotopic (exact) mass is 458 g/mol. The molecule has 2 heterocycles. The first-order valence-electron chi connectivity index (χ1n) is 9.95. The molecule has 0 spiro atoms. The summed E-state index contributed by atoms with van der Waals surface area (Å²) >= 11 is 12.0. The molecule has 1 aromatic carbocycles. The van der Waals surface area contributed by atoms with E-state index in [1.807, 2.05) is 43.5 Å². The van der Waals surface area contributed by atoms with Gasteiger partial charge in [-0.1, -0.05) is 30.1 Å². The Hall–Kier alpha value is -2.83. The molecule has 0 saturated heterocycles. The van der Waals surface area contributed by atoms with Crippen LogP contribution in [-0.4, -0.2) is 39.4 Å². The fraction of sp³-hybridized carbons (Fsp3) is 0.261. The van der Waals surface area contributed by atoms with Crippen molar-refractivity contribution in [2.45, 2.75) is 27.2 Å². The van der Waals surface area contributed by atoms with Crippen molar-refractivity contribution in [1.29, 1.82) is 0 Å². The zero-order chi connectivity index (χ0) is 22.5. The van der Waals surface area contributed by atoms with E-state index in [2.05, 4.69) is 10.3 Å². The van der Waals surface area contributed by atoms with Crippen molar-refractivity contribution in [1.82, 2.24) is 14.5 Å². The standard InChI is InChI=1S/C23H24Cl2N4O2/c1-4-10-28(14-22(30)27-21-8-7-17(24)12-20(21)25)23(31)19-11-15(2)29(16(19)3)18-6-5-9-26-13-18/h5-9,11-13H,4,10,14H2,1-3H3,(H,27,30). The number of carbonyl (C=O) groups is 2. The third-order valence-corrected chi connectivity index (χ3v) is 5.43. The average molecular weight is 459 g/mol. The Labute approximate surface area is 191 Å². The van der Waals surface area contributed by atoms with Crippen molar-refractivity contribution in [3.63, 3.8) is 0 Å². The fourth-order valence-corrected chi connectivity index (χ4v) is 3.96. The molecule has 0 radical (unpaired) electrons. The number of benzene rings is 1. The molecule has 8 heteroatoms. The van der Waals surface area contributed by atoms with Crippen molar-refractivity contribution in [3.8, 4) is 5.69 Å². The Morgan fingerprint density at radius 3 is 2.58 bits per heavy atom. The van der Waals surface area contributed by atoms with E-state index in [0.717, 1.165) is 23.5 Å². The van der Waals surface area contributed by atoms with E-state index in [0.29, 0.717) is 27.8 Å². The van der Waals surface area contributed by atoms with Crippen LogP contribution in [0.5, 0.6) is 0 Å². The van der Waals surface area contributed by atoms with Crippen LogP contribution in [0.1, 0.15) is 35.1 Å². The van der Waals surface area contributed by atoms with Gasteiger partial charge in [-0.25, -0.2) is 0 Å². The first-order valence-corrected chi connectivity index (χ1v) is 10.7. The number of nitrogens with one attached hydrogen (secondary N) is 1. The first kappa shape index (κ1) is 22.8. The molecule has 3 rings (SSSR count). The maximum absolute atomic E-state index is 13.3. The summed E-state index contributed by atoms with van der Waals surface area (Å²) in [6, 6.07) is 10.5. The van der Waals surface area contributed by atoms with Crippen LogP contribution < -0.4 is 5.32 Å². The molecule has 0 aliphatic carbocycles. The van der Waals surface area contributed by atoms with Gasteiger partial charge in [-0.2, -0.15) is 0 Å². The predicted octanol–water partition coefficient (Wildman–Crippen LogP) is 5.29. The lowest BCUT2D eigenvalue weighted by atomic mass is 10.2. The van der Waals surface area contributed by atoms with E-state index in [1.54, 1.807) is 35.5 Å². The Kier molecular flexibility index (Phi) is 7.36. The quantitative estimate of drug-likeness (QED) is 0.522. The molecule has 0 unspecified atom stereocenters. The SMILES string of the molecule is CCCN(CC(=O)Nc1ccc(Cl)cc1Cl)C(=O)c1cc(C)n(-c2cccnc2)c1C. The topological polar surface area (TPSA) is 67.2 Å². The average Bonchev–Trinajstić information content (AvgIpc) is 3.04. The van der Waals surface area contributed by atoms with Crippen LogP contribution >= 0.6 is 23.2 Å². The number of aryl methyl sites for hydroxylation is 1. The normalized spacial score (nSPS) is 10.7. The second-order valence-electron chi connectivity index (χ2n) is 7.23. The molecule has 0 saturated carbocycles. The van der Waals surface area contributed by atoms with E-state index in [-0.39, 0.29) is 18.4 Å². The van der Waals surface area contributed by atoms with Crippen LogP contribution in [0.4, 0.5) is 5.69 Å². The summed E-state index contributed by atoms with van der Waals surface area (Å²) < 4.78 is 1.98. The Morgan fingerprint density at radius 1 is 1.16 bits per heavy atom. The number of hydrogen-bond donors (Lipinski definition) is 1. The number of amides is 2. The molecule has 1 N–H and O–H groups in total. The lowest BCUT2D eigenvalue weighted by Gasteiger charge is -2.22. The van der Waals surface area contributed by atoms with Gasteiger partial charge < -0.3 is 14.8 Å². The van der Waals surface area contributed by atoms with Gasteiger partial charge in [-0.05, 0) is 56.7 Å². The first-order chi connectivity index (χ1) is 14.8. The molecular formula is C23H24Cl2N4O2. The lowest BCUT2D eigenvalue weighted by Crippen LogP contribution is -2.38. The van der Waals surface area contributed by atoms with Gasteiger partial charge in [-0.3, -0.25) is 14.6 Å². The van der Waals surface area contributed by atoms with E-state index < -0.39 is 0 Å². The zero-order valence-corrected chi connectivity index (χ0v) is 19.2. The van der Waals surface area contributed by atoms with Gasteiger partial charge in [-0.15, -0.1) is 0 Å². The number of hydrogen-bond acceptors (Lipinski definition) is 3. The summed E-state index contributed by atoms with van der Waals surface area (Å²) in [5, 5.41) is 3.58. The smallest absolute Gasteiger partial charge is 0.256 e. The van der Waals surface area contributed by atoms with Gasteiger partial charge in [0.1, 0.15) is 6.54 Å². The molecule has 0 aliphatic rings. The van der Waals surface area contributed by atoms with Gasteiger partial charge >= 0.3 is 0 Å². The maximum atomic E-state index is 13.3. The summed E-state index contributed by atoms with van der Waals surface area (Å²) in [5.41, 5.74) is 3.62. The second-order valence-corrected chi connectivity index (χ2v) is 8.07. The molecular weight excluding hydrogens is 435 g/mol. The fourth-order valence-electron chi connectivity index (χ4n) is 3.51. The number of rotatable bonds is 7. The zero-order valence-electron chi connectivity index (χ0n) is 17.7. The van der Waals surface area contributed by atoms with Crippen LogP contribution in [-0.2, 0) is 4.79 Å². The lowest BCUT2D eigenvalue weighted by molar-refractivity contribution is -0.116. The van der Waals surface area contributed by atoms with Gasteiger partial charge in [0.2, 0.25) is 5.91 Å². The minimum atomic E-state index is -0.327. The summed E-state index contributed by atoms with van der Waals surface area (Å²) in [4.78, 5) is 31.7. The van der Waals surface area contributed by atoms with Crippen molar-refractivity contribution >= 4 is 40.7 Å². The van der Waals surface area contributed by atoms with Crippen molar-refractivity contribution in [2.24, 2.45) is 0 Å². The molecule has 6 nitrogen and oxygen atoms in total. The largest absolute Gasteiger partial charge is 0.329 e. The Morgan fingerprint density at radius 2 is 1.94 bits per heavy atom. The molecule has 31 heavy (non-hydrogen) atoms. The van der Waals surface area contributed by atoms with Crippen molar-refractivity contribution in [2.75, 3.05) is 18.4 Å². The van der Waals surface area contributed by atoms with E-state index in [1.165, 1.54) is 0 Å². The van der Waals surface area contributed by atoms with E-state index in [9.17, 15) is 9.59 Å². The summed E-state index contributed by atoms with van der Waals surface area (Å²) in [7, 11) is 0. The molecule has 0 fully saturated rings. The third-order valence-electron chi connectivity index (χ3n) is 4.89. The molecule has 162 valence electrons. The summed E-state index contributed by atoms with van der Waals surface area (Å²) in [5.74, 6) is -0.519. The highest BCUT2D eigenvalue weighted by atomic mass is 35.5. The van der Waals surface area contributed by atoms with Gasteiger partial charge in [0.25, 0.3) is 5.91 Å². The highest BCUT2D eigenvalue weighted by molar-refractivity contribution is 6.36. The minimum Gasteiger partial charge on any atom is -0.329 e. The van der Waals surface area contributed by atoms with Crippen LogP contribution in [0.2, 0.25) is 10.0 Å². The van der Waals surface area contributed by atoms with Gasteiger partial charge in [0.15, 0.2) is 0 Å². The highest BCUT2D eigenvalue weighted by Crippen LogP contribution is 2.26. The Bertz CT molecular complexity index is 1100. The number of carbonyl (C=O) groups excluding carboxylic acids is 2. The van der Waals surface area contributed by atoms with Gasteiger partial charge in [0, 0.05) is 29.2 Å². The number of aromatic nitrogens is 2. The molecule has 3 aromatic rings. The van der Waals surface area contributed by atoms with E-state index in [4.69, 9.17) is 23.2 Å². The second kappa shape index (κ2) is 9.98. The molecule has 2 amide bonds.